The molecule has 0 amide bonds. The molecule has 0 fully saturated rings. The van der Waals surface area contributed by atoms with E-state index in [2.05, 4.69) is 69.4 Å². The van der Waals surface area contributed by atoms with E-state index >= 15 is 0 Å². The molecule has 6 nitrogen and oxygen atoms in total. The Kier molecular flexibility index (Phi) is 35.7. The summed E-state index contributed by atoms with van der Waals surface area (Å²) in [6.07, 6.45) is 43.8. The zero-order valence-electron chi connectivity index (χ0n) is 31.7. The molecule has 0 saturated heterocycles. The highest BCUT2D eigenvalue weighted by Crippen LogP contribution is 2.11. The van der Waals surface area contributed by atoms with Crippen LogP contribution in [0, 0.1) is 0 Å². The van der Waals surface area contributed by atoms with Crippen LogP contribution in [0.5, 0.6) is 0 Å². The lowest BCUT2D eigenvalue weighted by Crippen LogP contribution is -2.30. The Morgan fingerprint density at radius 1 is 0.429 bits per heavy atom. The van der Waals surface area contributed by atoms with Gasteiger partial charge in [0.15, 0.2) is 6.10 Å². The maximum atomic E-state index is 12.6. The van der Waals surface area contributed by atoms with Gasteiger partial charge in [-0.15, -0.1) is 0 Å². The molecule has 0 aliphatic rings. The minimum absolute atomic E-state index is 0.101. The standard InChI is InChI=1S/C43H72O6/c1-4-7-10-13-16-18-20-22-24-25-27-30-33-36-42(45)48-39-40(38-47-41(44)35-32-29-15-12-9-6-3)49-43(46)37-34-31-28-26-23-21-19-17-14-11-8-5-2/h7,10,16-19,22,24,27,30,40H,4-6,8-9,11-15,20-21,23,25-26,28-29,31-39H2,1-3H3/b10-7-,18-16-,19-17-,24-22-,30-27-. The Morgan fingerprint density at radius 3 is 1.41 bits per heavy atom. The first-order chi connectivity index (χ1) is 24.0. The summed E-state index contributed by atoms with van der Waals surface area (Å²) in [5.41, 5.74) is 0. The molecule has 0 rings (SSSR count). The number of hydrogen-bond acceptors (Lipinski definition) is 6. The highest BCUT2D eigenvalue weighted by molar-refractivity contribution is 5.71. The molecule has 0 aromatic carbocycles. The van der Waals surface area contributed by atoms with Crippen molar-refractivity contribution in [3.05, 3.63) is 60.8 Å². The van der Waals surface area contributed by atoms with Gasteiger partial charge in [-0.1, -0.05) is 146 Å². The summed E-state index contributed by atoms with van der Waals surface area (Å²) < 4.78 is 16.5. The van der Waals surface area contributed by atoms with Gasteiger partial charge in [-0.3, -0.25) is 14.4 Å². The summed E-state index contributed by atoms with van der Waals surface area (Å²) in [5.74, 6) is -1.02. The highest BCUT2D eigenvalue weighted by Gasteiger charge is 2.19. The minimum Gasteiger partial charge on any atom is -0.462 e. The van der Waals surface area contributed by atoms with E-state index in [4.69, 9.17) is 14.2 Å². The van der Waals surface area contributed by atoms with Crippen molar-refractivity contribution in [2.24, 2.45) is 0 Å². The van der Waals surface area contributed by atoms with Crippen molar-refractivity contribution < 1.29 is 28.6 Å². The quantitative estimate of drug-likeness (QED) is 0.0290. The molecule has 1 atom stereocenters. The smallest absolute Gasteiger partial charge is 0.306 e. The number of ether oxygens (including phenoxy) is 3. The minimum atomic E-state index is -0.800. The molecule has 0 aromatic heterocycles. The predicted molar refractivity (Wildman–Crippen MR) is 205 cm³/mol. The lowest BCUT2D eigenvalue weighted by atomic mass is 10.1. The van der Waals surface area contributed by atoms with E-state index in [1.54, 1.807) is 0 Å². The molecule has 0 radical (unpaired) electrons. The van der Waals surface area contributed by atoms with Crippen LogP contribution in [0.4, 0.5) is 0 Å². The van der Waals surface area contributed by atoms with E-state index in [0.717, 1.165) is 77.0 Å². The normalized spacial score (nSPS) is 12.6. The van der Waals surface area contributed by atoms with Gasteiger partial charge in [0.1, 0.15) is 13.2 Å². The van der Waals surface area contributed by atoms with Crippen LogP contribution in [0.15, 0.2) is 60.8 Å². The molecule has 0 heterocycles. The first-order valence-corrected chi connectivity index (χ1v) is 19.8. The van der Waals surface area contributed by atoms with Crippen LogP contribution >= 0.6 is 0 Å². The van der Waals surface area contributed by atoms with E-state index in [-0.39, 0.29) is 37.5 Å². The summed E-state index contributed by atoms with van der Waals surface area (Å²) in [7, 11) is 0. The Balaban J connectivity index is 4.46. The van der Waals surface area contributed by atoms with Crippen LogP contribution in [0.25, 0.3) is 0 Å². The summed E-state index contributed by atoms with van der Waals surface area (Å²) in [6, 6.07) is 0. The van der Waals surface area contributed by atoms with Crippen molar-refractivity contribution in [1.29, 1.82) is 0 Å². The topological polar surface area (TPSA) is 78.9 Å². The van der Waals surface area contributed by atoms with Crippen LogP contribution < -0.4 is 0 Å². The van der Waals surface area contributed by atoms with Gasteiger partial charge < -0.3 is 14.2 Å². The fraction of sp³-hybridized carbons (Fsp3) is 0.698. The third kappa shape index (κ3) is 36.2. The largest absolute Gasteiger partial charge is 0.462 e. The van der Waals surface area contributed by atoms with E-state index in [1.807, 2.05) is 12.2 Å². The lowest BCUT2D eigenvalue weighted by molar-refractivity contribution is -0.166. The molecule has 0 saturated carbocycles. The van der Waals surface area contributed by atoms with E-state index in [9.17, 15) is 14.4 Å². The third-order valence-electron chi connectivity index (χ3n) is 8.02. The zero-order valence-corrected chi connectivity index (χ0v) is 31.7. The molecule has 0 aliphatic carbocycles. The molecule has 280 valence electrons. The van der Waals surface area contributed by atoms with Gasteiger partial charge in [0.2, 0.25) is 0 Å². The van der Waals surface area contributed by atoms with Crippen molar-refractivity contribution in [3.8, 4) is 0 Å². The van der Waals surface area contributed by atoms with Crippen molar-refractivity contribution in [3.63, 3.8) is 0 Å². The van der Waals surface area contributed by atoms with Gasteiger partial charge >= 0.3 is 17.9 Å². The summed E-state index contributed by atoms with van der Waals surface area (Å²) in [4.78, 5) is 37.3. The van der Waals surface area contributed by atoms with Crippen LogP contribution in [0.1, 0.15) is 175 Å². The number of esters is 3. The van der Waals surface area contributed by atoms with Gasteiger partial charge in [0, 0.05) is 19.3 Å². The summed E-state index contributed by atoms with van der Waals surface area (Å²) >= 11 is 0. The molecular formula is C43H72O6. The Bertz CT molecular complexity index is 929. The fourth-order valence-corrected chi connectivity index (χ4v) is 5.04. The number of allylic oxidation sites excluding steroid dienone is 10. The van der Waals surface area contributed by atoms with E-state index in [1.165, 1.54) is 51.4 Å². The van der Waals surface area contributed by atoms with Crippen LogP contribution in [0.3, 0.4) is 0 Å². The van der Waals surface area contributed by atoms with Gasteiger partial charge in [0.25, 0.3) is 0 Å². The second kappa shape index (κ2) is 37.9. The monoisotopic (exact) mass is 685 g/mol. The van der Waals surface area contributed by atoms with Crippen molar-refractivity contribution >= 4 is 17.9 Å². The van der Waals surface area contributed by atoms with Gasteiger partial charge in [0.05, 0.1) is 0 Å². The Morgan fingerprint density at radius 2 is 0.837 bits per heavy atom. The summed E-state index contributed by atoms with van der Waals surface area (Å²) in [6.45, 7) is 6.32. The van der Waals surface area contributed by atoms with Gasteiger partial charge in [-0.05, 0) is 70.6 Å². The SMILES string of the molecule is CC/C=C\C/C=C\C/C=C\C/C=C\CCC(=O)OCC(COC(=O)CCCCCCCC)OC(=O)CCCCCCC/C=C\CCCCC. The van der Waals surface area contributed by atoms with Gasteiger partial charge in [-0.25, -0.2) is 0 Å². The second-order valence-electron chi connectivity index (χ2n) is 12.8. The van der Waals surface area contributed by atoms with E-state index in [0.29, 0.717) is 19.3 Å². The van der Waals surface area contributed by atoms with Gasteiger partial charge in [-0.2, -0.15) is 0 Å². The fourth-order valence-electron chi connectivity index (χ4n) is 5.04. The van der Waals surface area contributed by atoms with Crippen molar-refractivity contribution in [1.82, 2.24) is 0 Å². The predicted octanol–water partition coefficient (Wildman–Crippen LogP) is 12.2. The van der Waals surface area contributed by atoms with Crippen LogP contribution in [-0.2, 0) is 28.6 Å². The Hall–Kier alpha value is -2.89. The Labute approximate surface area is 300 Å². The average molecular weight is 685 g/mol. The summed E-state index contributed by atoms with van der Waals surface area (Å²) in [5, 5.41) is 0. The average Bonchev–Trinajstić information content (AvgIpc) is 3.10. The van der Waals surface area contributed by atoms with Crippen LogP contribution in [0.2, 0.25) is 0 Å². The molecule has 6 heteroatoms. The molecule has 0 spiro atoms. The molecule has 1 unspecified atom stereocenters. The lowest BCUT2D eigenvalue weighted by Gasteiger charge is -2.18. The number of hydrogen-bond donors (Lipinski definition) is 0. The first kappa shape index (κ1) is 46.1. The van der Waals surface area contributed by atoms with Crippen LogP contribution in [-0.4, -0.2) is 37.2 Å². The van der Waals surface area contributed by atoms with Crippen molar-refractivity contribution in [2.45, 2.75) is 181 Å². The second-order valence-corrected chi connectivity index (χ2v) is 12.8. The zero-order chi connectivity index (χ0) is 35.9. The highest BCUT2D eigenvalue weighted by atomic mass is 16.6. The molecule has 0 bridgehead atoms. The number of carbonyl (C=O) groups is 3. The van der Waals surface area contributed by atoms with E-state index < -0.39 is 6.10 Å². The van der Waals surface area contributed by atoms with Crippen molar-refractivity contribution in [2.75, 3.05) is 13.2 Å². The molecular weight excluding hydrogens is 612 g/mol. The number of rotatable bonds is 34. The third-order valence-corrected chi connectivity index (χ3v) is 8.02. The first-order valence-electron chi connectivity index (χ1n) is 19.8. The number of unbranched alkanes of at least 4 members (excludes halogenated alkanes) is 13. The molecule has 49 heavy (non-hydrogen) atoms. The maximum Gasteiger partial charge on any atom is 0.306 e. The molecule has 0 N–H and O–H groups in total. The molecule has 0 aliphatic heterocycles. The molecule has 0 aromatic rings. The number of carbonyl (C=O) groups excluding carboxylic acids is 3. The maximum absolute atomic E-state index is 12.6.